The van der Waals surface area contributed by atoms with E-state index in [1.807, 2.05) is 18.2 Å². The van der Waals surface area contributed by atoms with Gasteiger partial charge in [0.05, 0.1) is 0 Å². The van der Waals surface area contributed by atoms with Crippen LogP contribution in [0.15, 0.2) is 24.4 Å². The van der Waals surface area contributed by atoms with E-state index >= 15 is 0 Å². The summed E-state index contributed by atoms with van der Waals surface area (Å²) in [5, 5.41) is 9.51. The summed E-state index contributed by atoms with van der Waals surface area (Å²) in [5.74, 6) is 0.361. The van der Waals surface area contributed by atoms with Crippen molar-refractivity contribution in [2.45, 2.75) is 38.6 Å². The van der Waals surface area contributed by atoms with Gasteiger partial charge in [0.1, 0.15) is 17.1 Å². The van der Waals surface area contributed by atoms with Crippen molar-refractivity contribution in [3.63, 3.8) is 0 Å². The van der Waals surface area contributed by atoms with Gasteiger partial charge in [0, 0.05) is 24.5 Å². The van der Waals surface area contributed by atoms with Crippen LogP contribution in [0.1, 0.15) is 31.5 Å². The molecular weight excluding hydrogens is 292 g/mol. The van der Waals surface area contributed by atoms with Crippen LogP contribution in [0, 0.1) is 0 Å². The number of anilines is 1. The number of pyridine rings is 1. The maximum Gasteiger partial charge on any atom is 0.328 e. The van der Waals surface area contributed by atoms with E-state index in [4.69, 9.17) is 0 Å². The highest BCUT2D eigenvalue weighted by molar-refractivity contribution is 5.82. The smallest absolute Gasteiger partial charge is 0.328 e. The zero-order valence-electron chi connectivity index (χ0n) is 13.6. The molecule has 0 radical (unpaired) electrons. The Morgan fingerprint density at radius 3 is 2.70 bits per heavy atom. The number of fused-ring (bicyclic) bond motifs is 1. The lowest BCUT2D eigenvalue weighted by atomic mass is 10.0. The minimum Gasteiger partial charge on any atom is -0.480 e. The van der Waals surface area contributed by atoms with Crippen LogP contribution in [0.25, 0.3) is 11.5 Å². The molecule has 0 saturated heterocycles. The van der Waals surface area contributed by atoms with Gasteiger partial charge in [-0.2, -0.15) is 0 Å². The predicted molar refractivity (Wildman–Crippen MR) is 87.4 cm³/mol. The number of carboxylic acids is 1. The Morgan fingerprint density at radius 2 is 2.04 bits per heavy atom. The lowest BCUT2D eigenvalue weighted by Crippen LogP contribution is -2.49. The van der Waals surface area contributed by atoms with Gasteiger partial charge in [0.15, 0.2) is 5.82 Å². The van der Waals surface area contributed by atoms with Crippen LogP contribution < -0.4 is 4.90 Å². The van der Waals surface area contributed by atoms with Crippen LogP contribution in [0.4, 0.5) is 5.82 Å². The van der Waals surface area contributed by atoms with Crippen molar-refractivity contribution in [3.8, 4) is 11.5 Å². The second kappa shape index (κ2) is 5.61. The van der Waals surface area contributed by atoms with Gasteiger partial charge < -0.3 is 10.0 Å². The number of rotatable bonds is 4. The van der Waals surface area contributed by atoms with Crippen LogP contribution >= 0.6 is 0 Å². The van der Waals surface area contributed by atoms with Gasteiger partial charge in [-0.1, -0.05) is 6.07 Å². The molecule has 2 aromatic rings. The summed E-state index contributed by atoms with van der Waals surface area (Å²) in [6, 6.07) is 5.60. The summed E-state index contributed by atoms with van der Waals surface area (Å²) < 4.78 is 0. The fourth-order valence-electron chi connectivity index (χ4n) is 2.71. The van der Waals surface area contributed by atoms with Gasteiger partial charge in [-0.25, -0.2) is 14.8 Å². The van der Waals surface area contributed by atoms with Crippen molar-refractivity contribution in [3.05, 3.63) is 35.7 Å². The molecular formula is C17H20N4O2. The molecule has 2 heterocycles. The molecule has 0 atom stereocenters. The first kappa shape index (κ1) is 15.4. The number of hydrogen-bond acceptors (Lipinski definition) is 5. The van der Waals surface area contributed by atoms with Gasteiger partial charge in [-0.05, 0) is 45.2 Å². The van der Waals surface area contributed by atoms with Crippen LogP contribution in [-0.2, 0) is 17.6 Å². The van der Waals surface area contributed by atoms with Crippen molar-refractivity contribution >= 4 is 11.8 Å². The van der Waals surface area contributed by atoms with Crippen molar-refractivity contribution in [2.75, 3.05) is 11.9 Å². The van der Waals surface area contributed by atoms with E-state index in [0.717, 1.165) is 30.5 Å². The highest BCUT2D eigenvalue weighted by Gasteiger charge is 2.35. The van der Waals surface area contributed by atoms with Gasteiger partial charge in [0.2, 0.25) is 0 Å². The second-order valence-corrected chi connectivity index (χ2v) is 6.29. The average molecular weight is 312 g/mol. The summed E-state index contributed by atoms with van der Waals surface area (Å²) in [5.41, 5.74) is 1.71. The highest BCUT2D eigenvalue weighted by atomic mass is 16.4. The number of likely N-dealkylation sites (N-methyl/N-ethyl adjacent to an activating group) is 1. The average Bonchev–Trinajstić information content (AvgIpc) is 3.02. The molecule has 2 aromatic heterocycles. The molecule has 6 nitrogen and oxygen atoms in total. The van der Waals surface area contributed by atoms with Crippen molar-refractivity contribution in [2.24, 2.45) is 0 Å². The molecule has 1 N–H and O–H groups in total. The fourth-order valence-corrected chi connectivity index (χ4v) is 2.71. The molecule has 0 amide bonds. The Labute approximate surface area is 135 Å². The number of carbonyl (C=O) groups is 1. The number of aliphatic carboxylic acids is 1. The minimum atomic E-state index is -1.05. The van der Waals surface area contributed by atoms with E-state index in [0.29, 0.717) is 17.3 Å². The maximum atomic E-state index is 11.6. The van der Waals surface area contributed by atoms with Crippen LogP contribution in [0.5, 0.6) is 0 Å². The van der Waals surface area contributed by atoms with E-state index in [2.05, 4.69) is 15.0 Å². The summed E-state index contributed by atoms with van der Waals surface area (Å²) in [7, 11) is 1.78. The first-order valence-corrected chi connectivity index (χ1v) is 7.69. The maximum absolute atomic E-state index is 11.6. The minimum absolute atomic E-state index is 0.550. The molecule has 0 bridgehead atoms. The molecule has 120 valence electrons. The van der Waals surface area contributed by atoms with Crippen molar-refractivity contribution in [1.29, 1.82) is 0 Å². The third-order valence-corrected chi connectivity index (χ3v) is 4.48. The molecule has 0 unspecified atom stereocenters. The molecule has 0 aliphatic heterocycles. The van der Waals surface area contributed by atoms with Gasteiger partial charge >= 0.3 is 5.97 Å². The molecule has 0 aromatic carbocycles. The quantitative estimate of drug-likeness (QED) is 0.933. The van der Waals surface area contributed by atoms with Gasteiger partial charge in [0.25, 0.3) is 0 Å². The third kappa shape index (κ3) is 2.65. The topological polar surface area (TPSA) is 79.2 Å². The molecule has 0 spiro atoms. The normalized spacial score (nSPS) is 13.7. The highest BCUT2D eigenvalue weighted by Crippen LogP contribution is 2.33. The third-order valence-electron chi connectivity index (χ3n) is 4.48. The monoisotopic (exact) mass is 312 g/mol. The molecule has 3 rings (SSSR count). The van der Waals surface area contributed by atoms with Crippen LogP contribution in [0.3, 0.4) is 0 Å². The summed E-state index contributed by atoms with van der Waals surface area (Å²) in [6.45, 7) is 3.36. The van der Waals surface area contributed by atoms with E-state index in [9.17, 15) is 9.90 Å². The molecule has 0 saturated carbocycles. The van der Waals surface area contributed by atoms with Gasteiger partial charge in [-0.3, -0.25) is 4.98 Å². The Kier molecular flexibility index (Phi) is 3.75. The molecule has 6 heteroatoms. The number of aryl methyl sites for hydroxylation is 1. The van der Waals surface area contributed by atoms with Crippen molar-refractivity contribution in [1.82, 2.24) is 15.0 Å². The standard InChI is InChI=1S/C17H20N4O2/c1-17(2,16(22)23)21(3)15-11-7-6-9-12(11)19-14(20-15)13-8-4-5-10-18-13/h4-5,8,10H,6-7,9H2,1-3H3,(H,22,23). The molecule has 1 aliphatic rings. The summed E-state index contributed by atoms with van der Waals surface area (Å²) >= 11 is 0. The largest absolute Gasteiger partial charge is 0.480 e. The lowest BCUT2D eigenvalue weighted by Gasteiger charge is -2.33. The zero-order chi connectivity index (χ0) is 16.6. The lowest BCUT2D eigenvalue weighted by molar-refractivity contribution is -0.142. The van der Waals surface area contributed by atoms with E-state index in [1.165, 1.54) is 0 Å². The fraction of sp³-hybridized carbons (Fsp3) is 0.412. The number of aromatic nitrogens is 3. The zero-order valence-corrected chi connectivity index (χ0v) is 13.6. The van der Waals surface area contributed by atoms with Crippen molar-refractivity contribution < 1.29 is 9.90 Å². The number of nitrogens with zero attached hydrogens (tertiary/aromatic N) is 4. The first-order chi connectivity index (χ1) is 10.9. The molecule has 0 fully saturated rings. The Morgan fingerprint density at radius 1 is 1.26 bits per heavy atom. The number of hydrogen-bond donors (Lipinski definition) is 1. The SMILES string of the molecule is CN(c1nc(-c2ccccn2)nc2c1CCC2)C(C)(C)C(=O)O. The van der Waals surface area contributed by atoms with E-state index in [1.54, 1.807) is 32.0 Å². The number of carboxylic acid groups (broad SMARTS) is 1. The van der Waals surface area contributed by atoms with Crippen LogP contribution in [0.2, 0.25) is 0 Å². The molecule has 23 heavy (non-hydrogen) atoms. The molecule has 1 aliphatic carbocycles. The van der Waals surface area contributed by atoms with Crippen LogP contribution in [-0.4, -0.2) is 38.6 Å². The van der Waals surface area contributed by atoms with Gasteiger partial charge in [-0.15, -0.1) is 0 Å². The first-order valence-electron chi connectivity index (χ1n) is 7.69. The predicted octanol–water partition coefficient (Wildman–Crippen LogP) is 2.33. The Hall–Kier alpha value is -2.50. The Balaban J connectivity index is 2.13. The summed E-state index contributed by atoms with van der Waals surface area (Å²) in [4.78, 5) is 26.9. The second-order valence-electron chi connectivity index (χ2n) is 6.29. The van der Waals surface area contributed by atoms with E-state index < -0.39 is 11.5 Å². The summed E-state index contributed by atoms with van der Waals surface area (Å²) in [6.07, 6.45) is 4.50. The van der Waals surface area contributed by atoms with E-state index in [-0.39, 0.29) is 0 Å². The Bertz CT molecular complexity index is 744.